The highest BCUT2D eigenvalue weighted by molar-refractivity contribution is 6.31. The molecule has 0 saturated heterocycles. The third-order valence-corrected chi connectivity index (χ3v) is 2.71. The maximum atomic E-state index is 12.4. The second-order valence-electron chi connectivity index (χ2n) is 3.43. The summed E-state index contributed by atoms with van der Waals surface area (Å²) < 4.78 is 37.1. The Labute approximate surface area is 100 Å². The van der Waals surface area contributed by atoms with Gasteiger partial charge in [0.2, 0.25) is 0 Å². The van der Waals surface area contributed by atoms with Crippen LogP contribution in [-0.2, 0) is 11.0 Å². The SMILES string of the molecule is CC(=O)C(Cl)c1ccc(C(F)(F)F)cc1C=O. The Kier molecular flexibility index (Phi) is 3.93. The maximum absolute atomic E-state index is 12.4. The Bertz CT molecular complexity index is 455. The predicted octanol–water partition coefficient (Wildman–Crippen LogP) is 3.39. The van der Waals surface area contributed by atoms with Crippen LogP contribution in [0.4, 0.5) is 13.2 Å². The van der Waals surface area contributed by atoms with Crippen molar-refractivity contribution in [2.75, 3.05) is 0 Å². The highest BCUT2D eigenvalue weighted by Crippen LogP contribution is 2.32. The van der Waals surface area contributed by atoms with Gasteiger partial charge in [-0.1, -0.05) is 6.07 Å². The molecular formula is C11H8ClF3O2. The van der Waals surface area contributed by atoms with Crippen LogP contribution in [0.1, 0.15) is 33.8 Å². The van der Waals surface area contributed by atoms with Crippen molar-refractivity contribution in [1.82, 2.24) is 0 Å². The summed E-state index contributed by atoms with van der Waals surface area (Å²) in [6, 6.07) is 2.52. The number of carbonyl (C=O) groups is 2. The Hall–Kier alpha value is -1.36. The van der Waals surface area contributed by atoms with Gasteiger partial charge in [-0.2, -0.15) is 13.2 Å². The van der Waals surface area contributed by atoms with Crippen LogP contribution in [-0.4, -0.2) is 12.1 Å². The number of Topliss-reactive ketones (excluding diaryl/α,β-unsaturated/α-hetero) is 1. The van der Waals surface area contributed by atoms with Crippen LogP contribution < -0.4 is 0 Å². The number of benzene rings is 1. The van der Waals surface area contributed by atoms with Gasteiger partial charge < -0.3 is 0 Å². The number of hydrogen-bond acceptors (Lipinski definition) is 2. The number of hydrogen-bond donors (Lipinski definition) is 0. The van der Waals surface area contributed by atoms with E-state index in [0.717, 1.165) is 12.1 Å². The summed E-state index contributed by atoms with van der Waals surface area (Å²) in [5.74, 6) is -0.436. The second kappa shape index (κ2) is 4.87. The van der Waals surface area contributed by atoms with E-state index in [9.17, 15) is 22.8 Å². The highest BCUT2D eigenvalue weighted by Gasteiger charge is 2.31. The molecule has 0 bridgehead atoms. The number of rotatable bonds is 3. The van der Waals surface area contributed by atoms with Crippen LogP contribution in [0.25, 0.3) is 0 Å². The van der Waals surface area contributed by atoms with Crippen LogP contribution in [0.15, 0.2) is 18.2 Å². The average molecular weight is 265 g/mol. The zero-order valence-electron chi connectivity index (χ0n) is 8.72. The Morgan fingerprint density at radius 3 is 2.41 bits per heavy atom. The van der Waals surface area contributed by atoms with E-state index >= 15 is 0 Å². The van der Waals surface area contributed by atoms with E-state index < -0.39 is 22.9 Å². The molecule has 0 heterocycles. The molecule has 0 saturated carbocycles. The molecule has 1 aromatic rings. The molecule has 1 atom stereocenters. The lowest BCUT2D eigenvalue weighted by Gasteiger charge is -2.12. The van der Waals surface area contributed by atoms with E-state index in [2.05, 4.69) is 0 Å². The molecular weight excluding hydrogens is 257 g/mol. The van der Waals surface area contributed by atoms with E-state index in [1.807, 2.05) is 0 Å². The topological polar surface area (TPSA) is 34.1 Å². The van der Waals surface area contributed by atoms with Crippen molar-refractivity contribution in [3.05, 3.63) is 34.9 Å². The summed E-state index contributed by atoms with van der Waals surface area (Å²) in [7, 11) is 0. The number of halogens is 4. The summed E-state index contributed by atoms with van der Waals surface area (Å²) in [6.45, 7) is 1.20. The summed E-state index contributed by atoms with van der Waals surface area (Å²) in [5, 5.41) is -1.11. The van der Waals surface area contributed by atoms with E-state index in [1.165, 1.54) is 6.92 Å². The Balaban J connectivity index is 3.28. The zero-order valence-corrected chi connectivity index (χ0v) is 9.47. The monoisotopic (exact) mass is 264 g/mol. The van der Waals surface area contributed by atoms with Crippen molar-refractivity contribution in [3.63, 3.8) is 0 Å². The van der Waals surface area contributed by atoms with Crippen molar-refractivity contribution in [2.24, 2.45) is 0 Å². The number of aldehydes is 1. The summed E-state index contributed by atoms with van der Waals surface area (Å²) in [5.41, 5.74) is -1.09. The second-order valence-corrected chi connectivity index (χ2v) is 3.87. The molecule has 92 valence electrons. The van der Waals surface area contributed by atoms with Gasteiger partial charge in [0.15, 0.2) is 5.78 Å². The first-order chi connectivity index (χ1) is 7.77. The average Bonchev–Trinajstić information content (AvgIpc) is 2.25. The normalized spacial score (nSPS) is 13.2. The molecule has 0 N–H and O–H groups in total. The predicted molar refractivity (Wildman–Crippen MR) is 56.1 cm³/mol. The van der Waals surface area contributed by atoms with Gasteiger partial charge in [0.05, 0.1) is 5.56 Å². The molecule has 0 aliphatic heterocycles. The number of ketones is 1. The van der Waals surface area contributed by atoms with Crippen LogP contribution in [0.3, 0.4) is 0 Å². The molecule has 6 heteroatoms. The third kappa shape index (κ3) is 3.06. The molecule has 0 amide bonds. The van der Waals surface area contributed by atoms with Crippen LogP contribution >= 0.6 is 11.6 Å². The van der Waals surface area contributed by atoms with Crippen LogP contribution in [0.2, 0.25) is 0 Å². The van der Waals surface area contributed by atoms with Gasteiger partial charge in [0, 0.05) is 5.56 Å². The molecule has 1 aromatic carbocycles. The lowest BCUT2D eigenvalue weighted by Crippen LogP contribution is -2.09. The smallest absolute Gasteiger partial charge is 0.298 e. The lowest BCUT2D eigenvalue weighted by molar-refractivity contribution is -0.137. The van der Waals surface area contributed by atoms with Gasteiger partial charge in [-0.15, -0.1) is 11.6 Å². The fourth-order valence-corrected chi connectivity index (χ4v) is 1.50. The van der Waals surface area contributed by atoms with Gasteiger partial charge in [-0.25, -0.2) is 0 Å². The van der Waals surface area contributed by atoms with E-state index in [0.29, 0.717) is 6.07 Å². The van der Waals surface area contributed by atoms with Gasteiger partial charge in [0.25, 0.3) is 0 Å². The minimum absolute atomic E-state index is 0.0853. The molecule has 0 aliphatic carbocycles. The fraction of sp³-hybridized carbons (Fsp3) is 0.273. The molecule has 0 aliphatic rings. The van der Waals surface area contributed by atoms with Crippen molar-refractivity contribution >= 4 is 23.7 Å². The molecule has 1 rings (SSSR count). The molecule has 0 aromatic heterocycles. The third-order valence-electron chi connectivity index (χ3n) is 2.17. The molecule has 1 unspecified atom stereocenters. The molecule has 0 spiro atoms. The Morgan fingerprint density at radius 1 is 1.41 bits per heavy atom. The maximum Gasteiger partial charge on any atom is 0.416 e. The molecule has 2 nitrogen and oxygen atoms in total. The number of alkyl halides is 4. The van der Waals surface area contributed by atoms with Crippen molar-refractivity contribution in [2.45, 2.75) is 18.5 Å². The highest BCUT2D eigenvalue weighted by atomic mass is 35.5. The quantitative estimate of drug-likeness (QED) is 0.619. The number of carbonyl (C=O) groups excluding carboxylic acids is 2. The van der Waals surface area contributed by atoms with Gasteiger partial charge >= 0.3 is 6.18 Å². The summed E-state index contributed by atoms with van der Waals surface area (Å²) in [4.78, 5) is 21.7. The molecule has 17 heavy (non-hydrogen) atoms. The van der Waals surface area contributed by atoms with E-state index in [4.69, 9.17) is 11.6 Å². The first kappa shape index (κ1) is 13.7. The molecule has 0 fully saturated rings. The van der Waals surface area contributed by atoms with Crippen LogP contribution in [0.5, 0.6) is 0 Å². The van der Waals surface area contributed by atoms with Crippen molar-refractivity contribution < 1.29 is 22.8 Å². The largest absolute Gasteiger partial charge is 0.416 e. The van der Waals surface area contributed by atoms with Gasteiger partial charge in [-0.3, -0.25) is 9.59 Å². The Morgan fingerprint density at radius 2 is 2.00 bits per heavy atom. The minimum Gasteiger partial charge on any atom is -0.298 e. The summed E-state index contributed by atoms with van der Waals surface area (Å²) in [6.07, 6.45) is -4.28. The van der Waals surface area contributed by atoms with E-state index in [-0.39, 0.29) is 17.4 Å². The lowest BCUT2D eigenvalue weighted by atomic mass is 10.00. The first-order valence-corrected chi connectivity index (χ1v) is 5.02. The van der Waals surface area contributed by atoms with Crippen molar-refractivity contribution in [3.8, 4) is 0 Å². The zero-order chi connectivity index (χ0) is 13.2. The van der Waals surface area contributed by atoms with Gasteiger partial charge in [-0.05, 0) is 24.6 Å². The van der Waals surface area contributed by atoms with Crippen LogP contribution in [0, 0.1) is 0 Å². The standard InChI is InChI=1S/C11H8ClF3O2/c1-6(17)10(12)9-3-2-8(11(13,14)15)4-7(9)5-16/h2-5,10H,1H3. The van der Waals surface area contributed by atoms with Gasteiger partial charge in [0.1, 0.15) is 11.7 Å². The summed E-state index contributed by atoms with van der Waals surface area (Å²) >= 11 is 5.70. The van der Waals surface area contributed by atoms with Crippen molar-refractivity contribution in [1.29, 1.82) is 0 Å². The van der Waals surface area contributed by atoms with E-state index in [1.54, 1.807) is 0 Å². The first-order valence-electron chi connectivity index (χ1n) is 4.58. The fourth-order valence-electron chi connectivity index (χ4n) is 1.30. The minimum atomic E-state index is -4.53. The molecule has 0 radical (unpaired) electrons.